The van der Waals surface area contributed by atoms with Crippen molar-refractivity contribution < 1.29 is 4.52 Å². The lowest BCUT2D eigenvalue weighted by molar-refractivity contribution is 0.386. The van der Waals surface area contributed by atoms with Crippen molar-refractivity contribution in [3.63, 3.8) is 0 Å². The van der Waals surface area contributed by atoms with Gasteiger partial charge in [0, 0.05) is 23.2 Å². The molecule has 0 unspecified atom stereocenters. The Morgan fingerprint density at radius 2 is 2.25 bits per heavy atom. The van der Waals surface area contributed by atoms with Crippen LogP contribution in [-0.2, 0) is 6.54 Å². The second-order valence-electron chi connectivity index (χ2n) is 3.50. The lowest BCUT2D eigenvalue weighted by Gasteiger charge is -2.04. The van der Waals surface area contributed by atoms with E-state index in [0.717, 1.165) is 4.47 Å². The van der Waals surface area contributed by atoms with Gasteiger partial charge in [-0.05, 0) is 28.9 Å². The molecule has 16 heavy (non-hydrogen) atoms. The molecule has 0 atom stereocenters. The van der Waals surface area contributed by atoms with Crippen LogP contribution in [0.3, 0.4) is 0 Å². The van der Waals surface area contributed by atoms with Gasteiger partial charge in [0.25, 0.3) is 5.56 Å². The normalized spacial score (nSPS) is 10.7. The molecule has 2 rings (SSSR count). The standard InChI is InChI=1S/C10H10BrN3O2/c1-6-3-8(11)4-14(10(6)15)5-9-12-7(2)16-13-9/h3-4H,5H2,1-2H3. The third kappa shape index (κ3) is 2.21. The summed E-state index contributed by atoms with van der Waals surface area (Å²) in [5, 5.41) is 3.75. The summed E-state index contributed by atoms with van der Waals surface area (Å²) in [6, 6.07) is 1.78. The van der Waals surface area contributed by atoms with Gasteiger partial charge < -0.3 is 9.09 Å². The van der Waals surface area contributed by atoms with Gasteiger partial charge in [0.05, 0.1) is 6.54 Å². The van der Waals surface area contributed by atoms with Gasteiger partial charge in [-0.2, -0.15) is 4.98 Å². The number of halogens is 1. The van der Waals surface area contributed by atoms with E-state index in [2.05, 4.69) is 26.1 Å². The number of aryl methyl sites for hydroxylation is 2. The summed E-state index contributed by atoms with van der Waals surface area (Å²) < 4.78 is 7.25. The van der Waals surface area contributed by atoms with E-state index in [0.29, 0.717) is 23.8 Å². The quantitative estimate of drug-likeness (QED) is 0.841. The Morgan fingerprint density at radius 1 is 1.50 bits per heavy atom. The first-order valence-electron chi connectivity index (χ1n) is 4.72. The minimum absolute atomic E-state index is 0.0503. The van der Waals surface area contributed by atoms with Gasteiger partial charge in [-0.3, -0.25) is 4.79 Å². The molecule has 84 valence electrons. The summed E-state index contributed by atoms with van der Waals surface area (Å²) >= 11 is 3.34. The van der Waals surface area contributed by atoms with Crippen LogP contribution in [0.1, 0.15) is 17.3 Å². The predicted molar refractivity (Wildman–Crippen MR) is 61.3 cm³/mol. The van der Waals surface area contributed by atoms with Crippen molar-refractivity contribution in [1.29, 1.82) is 0 Å². The molecule has 0 bridgehead atoms. The van der Waals surface area contributed by atoms with E-state index in [1.807, 2.05) is 0 Å². The van der Waals surface area contributed by atoms with E-state index in [1.165, 1.54) is 0 Å². The summed E-state index contributed by atoms with van der Waals surface area (Å²) in [5.41, 5.74) is 0.625. The summed E-state index contributed by atoms with van der Waals surface area (Å²) in [4.78, 5) is 15.8. The molecular weight excluding hydrogens is 274 g/mol. The summed E-state index contributed by atoms with van der Waals surface area (Å²) in [6.07, 6.45) is 1.71. The molecule has 0 aliphatic carbocycles. The van der Waals surface area contributed by atoms with Crippen LogP contribution in [0.2, 0.25) is 0 Å². The van der Waals surface area contributed by atoms with Crippen molar-refractivity contribution in [2.45, 2.75) is 20.4 Å². The molecule has 0 aromatic carbocycles. The van der Waals surface area contributed by atoms with E-state index in [1.54, 1.807) is 30.7 Å². The Hall–Kier alpha value is -1.43. The second-order valence-corrected chi connectivity index (χ2v) is 4.42. The Labute approximate surface area is 100 Å². The fourth-order valence-electron chi connectivity index (χ4n) is 1.42. The summed E-state index contributed by atoms with van der Waals surface area (Å²) in [5.74, 6) is 0.992. The fraction of sp³-hybridized carbons (Fsp3) is 0.300. The largest absolute Gasteiger partial charge is 0.340 e. The highest BCUT2D eigenvalue weighted by atomic mass is 79.9. The smallest absolute Gasteiger partial charge is 0.253 e. The van der Waals surface area contributed by atoms with E-state index in [-0.39, 0.29) is 5.56 Å². The number of pyridine rings is 1. The van der Waals surface area contributed by atoms with Crippen molar-refractivity contribution >= 4 is 15.9 Å². The first-order valence-corrected chi connectivity index (χ1v) is 5.51. The van der Waals surface area contributed by atoms with Crippen LogP contribution in [0.5, 0.6) is 0 Å². The maximum atomic E-state index is 11.8. The molecule has 0 saturated heterocycles. The average Bonchev–Trinajstić information content (AvgIpc) is 2.60. The van der Waals surface area contributed by atoms with E-state index in [4.69, 9.17) is 4.52 Å². The van der Waals surface area contributed by atoms with E-state index in [9.17, 15) is 4.79 Å². The highest BCUT2D eigenvalue weighted by molar-refractivity contribution is 9.10. The van der Waals surface area contributed by atoms with Crippen LogP contribution in [-0.4, -0.2) is 14.7 Å². The zero-order valence-electron chi connectivity index (χ0n) is 8.90. The second kappa shape index (κ2) is 4.21. The SMILES string of the molecule is Cc1nc(Cn2cc(Br)cc(C)c2=O)no1. The topological polar surface area (TPSA) is 60.9 Å². The Balaban J connectivity index is 2.38. The third-order valence-corrected chi connectivity index (χ3v) is 2.55. The average molecular weight is 284 g/mol. The van der Waals surface area contributed by atoms with Crippen molar-refractivity contribution in [3.05, 3.63) is 44.4 Å². The molecule has 2 aromatic rings. The molecule has 0 radical (unpaired) electrons. The Morgan fingerprint density at radius 3 is 2.88 bits per heavy atom. The molecule has 0 saturated carbocycles. The molecule has 0 fully saturated rings. The maximum absolute atomic E-state index is 11.8. The molecule has 0 spiro atoms. The lowest BCUT2D eigenvalue weighted by atomic mass is 10.3. The number of rotatable bonds is 2. The van der Waals surface area contributed by atoms with E-state index < -0.39 is 0 Å². The molecule has 6 heteroatoms. The van der Waals surface area contributed by atoms with Crippen LogP contribution in [0.25, 0.3) is 0 Å². The monoisotopic (exact) mass is 283 g/mol. The molecule has 0 N–H and O–H groups in total. The van der Waals surface area contributed by atoms with Crippen LogP contribution in [0.4, 0.5) is 0 Å². The summed E-state index contributed by atoms with van der Waals surface area (Å²) in [7, 11) is 0. The van der Waals surface area contributed by atoms with Crippen LogP contribution >= 0.6 is 15.9 Å². The predicted octanol–water partition coefficient (Wildman–Crippen LogP) is 1.66. The zero-order chi connectivity index (χ0) is 11.7. The van der Waals surface area contributed by atoms with Crippen molar-refractivity contribution in [2.24, 2.45) is 0 Å². The number of hydrogen-bond acceptors (Lipinski definition) is 4. The molecule has 2 heterocycles. The van der Waals surface area contributed by atoms with E-state index >= 15 is 0 Å². The number of aromatic nitrogens is 3. The molecule has 2 aromatic heterocycles. The molecule has 5 nitrogen and oxygen atoms in total. The first-order chi connectivity index (χ1) is 7.56. The minimum Gasteiger partial charge on any atom is -0.340 e. The van der Waals surface area contributed by atoms with Crippen LogP contribution in [0, 0.1) is 13.8 Å². The van der Waals surface area contributed by atoms with Crippen LogP contribution in [0.15, 0.2) is 26.1 Å². The minimum atomic E-state index is -0.0503. The Bertz CT molecular complexity index is 574. The zero-order valence-corrected chi connectivity index (χ0v) is 10.5. The highest BCUT2D eigenvalue weighted by Crippen LogP contribution is 2.08. The third-order valence-electron chi connectivity index (χ3n) is 2.11. The van der Waals surface area contributed by atoms with Crippen molar-refractivity contribution in [1.82, 2.24) is 14.7 Å². The van der Waals surface area contributed by atoms with Gasteiger partial charge in [0.15, 0.2) is 5.82 Å². The lowest BCUT2D eigenvalue weighted by Crippen LogP contribution is -2.22. The van der Waals surface area contributed by atoms with Gasteiger partial charge in [-0.25, -0.2) is 0 Å². The molecule has 0 aliphatic heterocycles. The van der Waals surface area contributed by atoms with Crippen LogP contribution < -0.4 is 5.56 Å². The van der Waals surface area contributed by atoms with Gasteiger partial charge in [-0.1, -0.05) is 5.16 Å². The van der Waals surface area contributed by atoms with Gasteiger partial charge >= 0.3 is 0 Å². The van der Waals surface area contributed by atoms with Crippen molar-refractivity contribution in [3.8, 4) is 0 Å². The molecular formula is C10H10BrN3O2. The highest BCUT2D eigenvalue weighted by Gasteiger charge is 2.06. The first kappa shape index (κ1) is 11.1. The fourth-order valence-corrected chi connectivity index (χ4v) is 2.01. The van der Waals surface area contributed by atoms with Gasteiger partial charge in [0.2, 0.25) is 5.89 Å². The van der Waals surface area contributed by atoms with Gasteiger partial charge in [0.1, 0.15) is 0 Å². The number of nitrogens with zero attached hydrogens (tertiary/aromatic N) is 3. The molecule has 0 amide bonds. The Kier molecular flexibility index (Phi) is 2.91. The maximum Gasteiger partial charge on any atom is 0.253 e. The summed E-state index contributed by atoms with van der Waals surface area (Å²) in [6.45, 7) is 3.80. The number of hydrogen-bond donors (Lipinski definition) is 0. The molecule has 0 aliphatic rings. The van der Waals surface area contributed by atoms with Crippen molar-refractivity contribution in [2.75, 3.05) is 0 Å². The van der Waals surface area contributed by atoms with Gasteiger partial charge in [-0.15, -0.1) is 0 Å².